The maximum absolute atomic E-state index is 9.96. The van der Waals surface area contributed by atoms with Crippen LogP contribution in [-0.2, 0) is 17.9 Å². The second kappa shape index (κ2) is 6.65. The van der Waals surface area contributed by atoms with E-state index in [-0.39, 0.29) is 0 Å². The summed E-state index contributed by atoms with van der Waals surface area (Å²) in [7, 11) is 0. The summed E-state index contributed by atoms with van der Waals surface area (Å²) in [5.41, 5.74) is 1.96. The highest BCUT2D eigenvalue weighted by molar-refractivity contribution is 9.10. The van der Waals surface area contributed by atoms with Crippen molar-refractivity contribution in [3.05, 3.63) is 38.3 Å². The maximum Gasteiger partial charge on any atom is 0.0969 e. The van der Waals surface area contributed by atoms with Crippen LogP contribution in [0.2, 0.25) is 0 Å². The van der Waals surface area contributed by atoms with E-state index < -0.39 is 6.10 Å². The lowest BCUT2D eigenvalue weighted by atomic mass is 10.3. The lowest BCUT2D eigenvalue weighted by Crippen LogP contribution is -2.23. The molecule has 0 aromatic carbocycles. The number of thiophene rings is 1. The van der Waals surface area contributed by atoms with E-state index in [9.17, 15) is 5.11 Å². The number of aromatic nitrogens is 2. The van der Waals surface area contributed by atoms with Crippen LogP contribution in [0.4, 0.5) is 0 Å². The number of aliphatic hydroxyl groups is 1. The molecule has 0 fully saturated rings. The fraction of sp³-hybridized carbons (Fsp3) is 0.462. The van der Waals surface area contributed by atoms with Crippen LogP contribution in [0.25, 0.3) is 0 Å². The monoisotopic (exact) mass is 344 g/mol. The Balaban J connectivity index is 1.80. The molecule has 0 aliphatic heterocycles. The first-order valence-corrected chi connectivity index (χ1v) is 7.73. The fourth-order valence-electron chi connectivity index (χ4n) is 1.80. The van der Waals surface area contributed by atoms with Gasteiger partial charge >= 0.3 is 0 Å². The van der Waals surface area contributed by atoms with Gasteiger partial charge in [-0.2, -0.15) is 5.10 Å². The predicted molar refractivity (Wildman–Crippen MR) is 79.4 cm³/mol. The first kappa shape index (κ1) is 14.7. The van der Waals surface area contributed by atoms with Gasteiger partial charge in [0.1, 0.15) is 0 Å². The lowest BCUT2D eigenvalue weighted by molar-refractivity contribution is 0.0193. The SMILES string of the molecule is Cc1nn(C[C@H](O)COCc2cccs2)c(C)c1Br. The van der Waals surface area contributed by atoms with E-state index in [1.54, 1.807) is 16.0 Å². The zero-order valence-corrected chi connectivity index (χ0v) is 13.4. The Morgan fingerprint density at radius 2 is 2.32 bits per heavy atom. The quantitative estimate of drug-likeness (QED) is 0.876. The van der Waals surface area contributed by atoms with Crippen molar-refractivity contribution in [2.75, 3.05) is 6.61 Å². The van der Waals surface area contributed by atoms with E-state index in [1.165, 1.54) is 4.88 Å². The van der Waals surface area contributed by atoms with Gasteiger partial charge in [0.25, 0.3) is 0 Å². The standard InChI is InChI=1S/C13H17BrN2O2S/c1-9-13(14)10(2)16(15-9)6-11(17)7-18-8-12-4-3-5-19-12/h3-5,11,17H,6-8H2,1-2H3/t11-/m0/s1. The minimum Gasteiger partial charge on any atom is -0.389 e. The van der Waals surface area contributed by atoms with Crippen molar-refractivity contribution in [2.45, 2.75) is 33.1 Å². The van der Waals surface area contributed by atoms with Gasteiger partial charge in [0.15, 0.2) is 0 Å². The summed E-state index contributed by atoms with van der Waals surface area (Å²) in [5, 5.41) is 16.3. The topological polar surface area (TPSA) is 47.3 Å². The fourth-order valence-corrected chi connectivity index (χ4v) is 2.72. The summed E-state index contributed by atoms with van der Waals surface area (Å²) >= 11 is 5.13. The van der Waals surface area contributed by atoms with Crippen LogP contribution in [0.3, 0.4) is 0 Å². The molecule has 104 valence electrons. The van der Waals surface area contributed by atoms with Gasteiger partial charge < -0.3 is 9.84 Å². The molecule has 0 spiro atoms. The molecule has 0 bridgehead atoms. The molecule has 19 heavy (non-hydrogen) atoms. The van der Waals surface area contributed by atoms with Crippen molar-refractivity contribution in [3.63, 3.8) is 0 Å². The zero-order valence-electron chi connectivity index (χ0n) is 11.0. The normalized spacial score (nSPS) is 12.8. The highest BCUT2D eigenvalue weighted by Gasteiger charge is 2.12. The van der Waals surface area contributed by atoms with Crippen molar-refractivity contribution in [1.29, 1.82) is 0 Å². The first-order chi connectivity index (χ1) is 9.08. The third-order valence-electron chi connectivity index (χ3n) is 2.81. The van der Waals surface area contributed by atoms with Crippen LogP contribution in [0.15, 0.2) is 22.0 Å². The number of hydrogen-bond donors (Lipinski definition) is 1. The Kier molecular flexibility index (Phi) is 5.15. The lowest BCUT2D eigenvalue weighted by Gasteiger charge is -2.12. The van der Waals surface area contributed by atoms with Crippen molar-refractivity contribution in [3.8, 4) is 0 Å². The van der Waals surface area contributed by atoms with Gasteiger partial charge in [-0.3, -0.25) is 4.68 Å². The summed E-state index contributed by atoms with van der Waals surface area (Å²) < 4.78 is 8.30. The molecule has 1 N–H and O–H groups in total. The smallest absolute Gasteiger partial charge is 0.0969 e. The van der Waals surface area contributed by atoms with Crippen LogP contribution in [0.5, 0.6) is 0 Å². The zero-order chi connectivity index (χ0) is 13.8. The van der Waals surface area contributed by atoms with E-state index in [4.69, 9.17) is 4.74 Å². The van der Waals surface area contributed by atoms with Gasteiger partial charge in [-0.15, -0.1) is 11.3 Å². The molecule has 0 unspecified atom stereocenters. The van der Waals surface area contributed by atoms with E-state index >= 15 is 0 Å². The van der Waals surface area contributed by atoms with Gasteiger partial charge in [-0.25, -0.2) is 0 Å². The van der Waals surface area contributed by atoms with Crippen LogP contribution < -0.4 is 0 Å². The molecule has 0 saturated carbocycles. The summed E-state index contributed by atoms with van der Waals surface area (Å²) in [6, 6.07) is 4.02. The summed E-state index contributed by atoms with van der Waals surface area (Å²) in [5.74, 6) is 0. The molecule has 0 amide bonds. The van der Waals surface area contributed by atoms with E-state index in [2.05, 4.69) is 21.0 Å². The molecule has 2 aromatic rings. The molecule has 6 heteroatoms. The maximum atomic E-state index is 9.96. The van der Waals surface area contributed by atoms with Crippen molar-refractivity contribution in [2.24, 2.45) is 0 Å². The molecule has 2 heterocycles. The van der Waals surface area contributed by atoms with Gasteiger partial charge in [0.05, 0.1) is 36.0 Å². The molecule has 2 aromatic heterocycles. The van der Waals surface area contributed by atoms with Crippen LogP contribution in [0.1, 0.15) is 16.3 Å². The molecule has 1 atom stereocenters. The Morgan fingerprint density at radius 1 is 1.53 bits per heavy atom. The minimum absolute atomic E-state index is 0.313. The number of rotatable bonds is 6. The van der Waals surface area contributed by atoms with Crippen LogP contribution in [-0.4, -0.2) is 27.6 Å². The van der Waals surface area contributed by atoms with Crippen LogP contribution >= 0.6 is 27.3 Å². The number of hydrogen-bond acceptors (Lipinski definition) is 4. The summed E-state index contributed by atoms with van der Waals surface area (Å²) in [6.07, 6.45) is -0.551. The van der Waals surface area contributed by atoms with E-state index in [0.29, 0.717) is 19.8 Å². The third kappa shape index (κ3) is 3.89. The molecule has 4 nitrogen and oxygen atoms in total. The number of ether oxygens (including phenoxy) is 1. The second-order valence-electron chi connectivity index (χ2n) is 4.42. The third-order valence-corrected chi connectivity index (χ3v) is 4.81. The van der Waals surface area contributed by atoms with Gasteiger partial charge in [-0.05, 0) is 41.2 Å². The molecule has 0 aliphatic rings. The van der Waals surface area contributed by atoms with E-state index in [0.717, 1.165) is 15.9 Å². The second-order valence-corrected chi connectivity index (χ2v) is 6.24. The predicted octanol–water partition coefficient (Wildman–Crippen LogP) is 2.90. The Hall–Kier alpha value is -0.690. The molecular formula is C13H17BrN2O2S. The molecule has 0 radical (unpaired) electrons. The van der Waals surface area contributed by atoms with Gasteiger partial charge in [0, 0.05) is 10.6 Å². The largest absolute Gasteiger partial charge is 0.389 e. The van der Waals surface area contributed by atoms with Crippen molar-refractivity contribution in [1.82, 2.24) is 9.78 Å². The summed E-state index contributed by atoms with van der Waals surface area (Å²) in [4.78, 5) is 1.17. The number of aliphatic hydroxyl groups excluding tert-OH is 1. The van der Waals surface area contributed by atoms with Gasteiger partial charge in [-0.1, -0.05) is 6.07 Å². The number of aryl methyl sites for hydroxylation is 1. The van der Waals surface area contributed by atoms with Crippen molar-refractivity contribution < 1.29 is 9.84 Å². The van der Waals surface area contributed by atoms with Crippen molar-refractivity contribution >= 4 is 27.3 Å². The Labute approximate surface area is 125 Å². The molecule has 2 rings (SSSR count). The summed E-state index contributed by atoms with van der Waals surface area (Å²) in [6.45, 7) is 5.22. The van der Waals surface area contributed by atoms with Gasteiger partial charge in [0.2, 0.25) is 0 Å². The highest BCUT2D eigenvalue weighted by Crippen LogP contribution is 2.20. The minimum atomic E-state index is -0.551. The average Bonchev–Trinajstić information content (AvgIpc) is 2.96. The number of halogens is 1. The molecular weight excluding hydrogens is 328 g/mol. The Bertz CT molecular complexity index is 525. The van der Waals surface area contributed by atoms with Crippen LogP contribution in [0, 0.1) is 13.8 Å². The van der Waals surface area contributed by atoms with E-state index in [1.807, 2.05) is 31.4 Å². The molecule has 0 aliphatic carbocycles. The molecule has 0 saturated heterocycles. The average molecular weight is 345 g/mol. The Morgan fingerprint density at radius 3 is 2.89 bits per heavy atom. The first-order valence-electron chi connectivity index (χ1n) is 6.05. The number of nitrogens with zero attached hydrogens (tertiary/aromatic N) is 2. The highest BCUT2D eigenvalue weighted by atomic mass is 79.9.